The number of nitrogens with zero attached hydrogens (tertiary/aromatic N) is 1. The highest BCUT2D eigenvalue weighted by Gasteiger charge is 2.52. The summed E-state index contributed by atoms with van der Waals surface area (Å²) in [6.45, 7) is 3.40. The van der Waals surface area contributed by atoms with Crippen molar-refractivity contribution in [1.82, 2.24) is 4.90 Å². The Bertz CT molecular complexity index is 807. The number of halogens is 1. The fourth-order valence-corrected chi connectivity index (χ4v) is 5.36. The number of allylic oxidation sites excluding steroid dienone is 5. The molecule has 1 aliphatic carbocycles. The van der Waals surface area contributed by atoms with Gasteiger partial charge in [-0.2, -0.15) is 0 Å². The van der Waals surface area contributed by atoms with E-state index in [2.05, 4.69) is 23.4 Å². The second-order valence-electron chi connectivity index (χ2n) is 7.21. The lowest BCUT2D eigenvalue weighted by Gasteiger charge is -2.42. The molecular weight excluding hydrogens is 358 g/mol. The van der Waals surface area contributed by atoms with Gasteiger partial charge in [0.1, 0.15) is 11.5 Å². The van der Waals surface area contributed by atoms with E-state index >= 15 is 0 Å². The van der Waals surface area contributed by atoms with Gasteiger partial charge in [-0.1, -0.05) is 19.4 Å². The molecule has 0 aromatic rings. The Balaban J connectivity index is 0.00000182. The van der Waals surface area contributed by atoms with Gasteiger partial charge in [-0.15, -0.1) is 12.4 Å². The lowest BCUT2D eigenvalue weighted by Crippen LogP contribution is -2.34. The van der Waals surface area contributed by atoms with E-state index in [1.165, 1.54) is 24.1 Å². The third kappa shape index (κ3) is 2.76. The quantitative estimate of drug-likeness (QED) is 0.688. The van der Waals surface area contributed by atoms with Crippen LogP contribution in [0.4, 0.5) is 0 Å². The molecule has 3 heterocycles. The summed E-state index contributed by atoms with van der Waals surface area (Å²) in [7, 11) is -3.21. The number of ether oxygens (including phenoxy) is 1. The topological polar surface area (TPSA) is 46.6 Å². The molecule has 1 unspecified atom stereocenters. The normalized spacial score (nSPS) is 29.8. The van der Waals surface area contributed by atoms with Gasteiger partial charge in [0.25, 0.3) is 0 Å². The van der Waals surface area contributed by atoms with E-state index in [-0.39, 0.29) is 23.6 Å². The number of hydrogen-bond donors (Lipinski definition) is 0. The van der Waals surface area contributed by atoms with Crippen molar-refractivity contribution in [2.24, 2.45) is 5.41 Å². The first-order valence-electron chi connectivity index (χ1n) is 8.98. The molecule has 2 fully saturated rings. The van der Waals surface area contributed by atoms with Gasteiger partial charge in [-0.3, -0.25) is 0 Å². The smallest absolute Gasteiger partial charge is 0.177 e. The summed E-state index contributed by atoms with van der Waals surface area (Å²) >= 11 is 0. The average Bonchev–Trinajstić information content (AvgIpc) is 2.98. The van der Waals surface area contributed by atoms with Crippen molar-refractivity contribution in [2.45, 2.75) is 58.8 Å². The fourth-order valence-electron chi connectivity index (χ4n) is 4.47. The van der Waals surface area contributed by atoms with Crippen molar-refractivity contribution in [1.29, 1.82) is 0 Å². The van der Waals surface area contributed by atoms with Crippen LogP contribution in [-0.2, 0) is 14.6 Å². The van der Waals surface area contributed by atoms with Gasteiger partial charge < -0.3 is 9.64 Å². The van der Waals surface area contributed by atoms with E-state index in [9.17, 15) is 8.42 Å². The van der Waals surface area contributed by atoms with Crippen LogP contribution in [0.3, 0.4) is 0 Å². The number of fused-ring (bicyclic) bond motifs is 1. The summed E-state index contributed by atoms with van der Waals surface area (Å²) < 4.78 is 31.0. The van der Waals surface area contributed by atoms with Crippen molar-refractivity contribution in [2.75, 3.05) is 5.75 Å². The van der Waals surface area contributed by atoms with Gasteiger partial charge in [0.15, 0.2) is 9.84 Å². The van der Waals surface area contributed by atoms with Crippen LogP contribution in [0.1, 0.15) is 58.8 Å². The Morgan fingerprint density at radius 3 is 2.88 bits per heavy atom. The van der Waals surface area contributed by atoms with Crippen LogP contribution in [0.2, 0.25) is 0 Å². The molecule has 0 aromatic heterocycles. The lowest BCUT2D eigenvalue weighted by atomic mass is 9.66. The maximum atomic E-state index is 12.3. The van der Waals surface area contributed by atoms with Crippen LogP contribution in [0, 0.1) is 5.41 Å². The van der Waals surface area contributed by atoms with Crippen LogP contribution in [-0.4, -0.2) is 19.1 Å². The zero-order valence-electron chi connectivity index (χ0n) is 14.9. The molecule has 25 heavy (non-hydrogen) atoms. The van der Waals surface area contributed by atoms with E-state index in [1.807, 2.05) is 0 Å². The van der Waals surface area contributed by atoms with Crippen LogP contribution in [0.5, 0.6) is 0 Å². The zero-order valence-corrected chi connectivity index (χ0v) is 16.5. The molecule has 0 radical (unpaired) electrons. The standard InChI is InChI=1S/C19H25NO3S.ClH/c1-3-24(21,22)14(2)17-12-19-10-6-4-8-15(19)13-20-11-7-5-9-16(20)18(19)23-17;/h7,11,13H,3-6,8-10,12H2,1-2H3;1H. The van der Waals surface area contributed by atoms with Gasteiger partial charge in [-0.05, 0) is 44.6 Å². The molecule has 4 nitrogen and oxygen atoms in total. The van der Waals surface area contributed by atoms with Crippen molar-refractivity contribution < 1.29 is 13.2 Å². The SMILES string of the molecule is CCS(=O)(=O)C(C)=C1CC23CCCCC2=CN2C=CCCC2=C3O1.Cl. The van der Waals surface area contributed by atoms with E-state index in [1.54, 1.807) is 13.8 Å². The fraction of sp³-hybridized carbons (Fsp3) is 0.579. The number of rotatable bonds is 2. The number of sulfone groups is 1. The highest BCUT2D eigenvalue weighted by atomic mass is 35.5. The average molecular weight is 384 g/mol. The molecule has 0 amide bonds. The second kappa shape index (κ2) is 6.51. The predicted molar refractivity (Wildman–Crippen MR) is 101 cm³/mol. The predicted octanol–water partition coefficient (Wildman–Crippen LogP) is 4.77. The third-order valence-electron chi connectivity index (χ3n) is 5.96. The first-order chi connectivity index (χ1) is 11.5. The molecule has 0 bridgehead atoms. The maximum Gasteiger partial charge on any atom is 0.177 e. The van der Waals surface area contributed by atoms with Crippen LogP contribution < -0.4 is 0 Å². The van der Waals surface area contributed by atoms with Crippen molar-refractivity contribution in [3.05, 3.63) is 46.2 Å². The van der Waals surface area contributed by atoms with E-state index in [4.69, 9.17) is 4.74 Å². The highest BCUT2D eigenvalue weighted by molar-refractivity contribution is 7.95. The van der Waals surface area contributed by atoms with Crippen LogP contribution in [0.15, 0.2) is 46.2 Å². The van der Waals surface area contributed by atoms with Crippen molar-refractivity contribution >= 4 is 22.2 Å². The molecule has 0 N–H and O–H groups in total. The Morgan fingerprint density at radius 2 is 2.12 bits per heavy atom. The van der Waals surface area contributed by atoms with Gasteiger partial charge in [0.05, 0.1) is 21.8 Å². The summed E-state index contributed by atoms with van der Waals surface area (Å²) in [4.78, 5) is 2.62. The van der Waals surface area contributed by atoms with E-state index in [0.717, 1.165) is 31.4 Å². The molecule has 138 valence electrons. The number of hydrogen-bond acceptors (Lipinski definition) is 4. The monoisotopic (exact) mass is 383 g/mol. The van der Waals surface area contributed by atoms with Gasteiger partial charge in [0, 0.05) is 18.8 Å². The highest BCUT2D eigenvalue weighted by Crippen LogP contribution is 2.60. The van der Waals surface area contributed by atoms with Crippen LogP contribution in [0.25, 0.3) is 0 Å². The molecule has 3 aliphatic heterocycles. The Morgan fingerprint density at radius 1 is 1.32 bits per heavy atom. The minimum atomic E-state index is -3.21. The van der Waals surface area contributed by atoms with Gasteiger partial charge >= 0.3 is 0 Å². The molecule has 4 aliphatic rings. The summed E-state index contributed by atoms with van der Waals surface area (Å²) in [6, 6.07) is 0. The van der Waals surface area contributed by atoms with E-state index in [0.29, 0.717) is 17.1 Å². The first kappa shape index (κ1) is 18.6. The molecule has 1 saturated carbocycles. The molecule has 1 saturated heterocycles. The zero-order chi connectivity index (χ0) is 16.9. The summed E-state index contributed by atoms with van der Waals surface area (Å²) in [5, 5.41) is 0. The van der Waals surface area contributed by atoms with Crippen molar-refractivity contribution in [3.63, 3.8) is 0 Å². The molecular formula is C19H26ClNO3S. The Kier molecular flexibility index (Phi) is 4.84. The Hall–Kier alpha value is -1.20. The summed E-state index contributed by atoms with van der Waals surface area (Å²) in [6.07, 6.45) is 13.8. The third-order valence-corrected chi connectivity index (χ3v) is 7.88. The summed E-state index contributed by atoms with van der Waals surface area (Å²) in [5.74, 6) is 1.83. The molecule has 4 rings (SSSR count). The maximum absolute atomic E-state index is 12.3. The largest absolute Gasteiger partial charge is 0.462 e. The van der Waals surface area contributed by atoms with Gasteiger partial charge in [-0.25, -0.2) is 8.42 Å². The van der Waals surface area contributed by atoms with Crippen LogP contribution >= 0.6 is 12.4 Å². The molecule has 0 aromatic carbocycles. The minimum Gasteiger partial charge on any atom is -0.462 e. The molecule has 1 atom stereocenters. The lowest BCUT2D eigenvalue weighted by molar-refractivity contribution is 0.235. The van der Waals surface area contributed by atoms with Gasteiger partial charge in [0.2, 0.25) is 0 Å². The van der Waals surface area contributed by atoms with Crippen molar-refractivity contribution in [3.8, 4) is 0 Å². The molecule has 1 spiro atoms. The minimum absolute atomic E-state index is 0. The second-order valence-corrected chi connectivity index (χ2v) is 9.63. The summed E-state index contributed by atoms with van der Waals surface area (Å²) in [5.41, 5.74) is 2.55. The molecule has 6 heteroatoms. The van der Waals surface area contributed by atoms with E-state index < -0.39 is 9.84 Å². The Labute approximate surface area is 156 Å². The first-order valence-corrected chi connectivity index (χ1v) is 10.6.